The van der Waals surface area contributed by atoms with Crippen LogP contribution in [-0.2, 0) is 6.42 Å². The van der Waals surface area contributed by atoms with Crippen LogP contribution in [0.4, 0.5) is 11.6 Å². The van der Waals surface area contributed by atoms with Crippen molar-refractivity contribution in [3.63, 3.8) is 0 Å². The molecule has 0 bridgehead atoms. The molecule has 0 spiro atoms. The Labute approximate surface area is 104 Å². The minimum atomic E-state index is 0.900. The van der Waals surface area contributed by atoms with Gasteiger partial charge in [0, 0.05) is 25.7 Å². The highest BCUT2D eigenvalue weighted by molar-refractivity contribution is 5.57. The zero-order valence-electron chi connectivity index (χ0n) is 11.2. The van der Waals surface area contributed by atoms with E-state index in [2.05, 4.69) is 46.4 Å². The van der Waals surface area contributed by atoms with Gasteiger partial charge >= 0.3 is 0 Å². The van der Waals surface area contributed by atoms with E-state index in [0.29, 0.717) is 0 Å². The predicted molar refractivity (Wildman–Crippen MR) is 72.6 cm³/mol. The molecule has 1 aromatic heterocycles. The van der Waals surface area contributed by atoms with Crippen molar-refractivity contribution in [3.05, 3.63) is 11.9 Å². The van der Waals surface area contributed by atoms with Gasteiger partial charge in [-0.05, 0) is 20.0 Å². The molecule has 1 rings (SSSR count). The van der Waals surface area contributed by atoms with Crippen molar-refractivity contribution >= 4 is 11.6 Å². The largest absolute Gasteiger partial charge is 0.373 e. The number of rotatable bonds is 7. The van der Waals surface area contributed by atoms with Crippen molar-refractivity contribution in [1.29, 1.82) is 0 Å². The summed E-state index contributed by atoms with van der Waals surface area (Å²) in [6.07, 6.45) is 2.51. The molecule has 0 saturated carbocycles. The molecule has 0 fully saturated rings. The topological polar surface area (TPSA) is 53.1 Å². The molecule has 1 aromatic rings. The standard InChI is InChI=1S/C12H23N5/c1-5-10-11(13-3)15-9-16-12(10)14-7-8-17(4)6-2/h9H,5-8H2,1-4H3,(H2,13,14,15,16). The van der Waals surface area contributed by atoms with Crippen LogP contribution < -0.4 is 10.6 Å². The lowest BCUT2D eigenvalue weighted by molar-refractivity contribution is 0.367. The Kier molecular flexibility index (Phi) is 5.69. The molecule has 2 N–H and O–H groups in total. The Hall–Kier alpha value is -1.36. The molecule has 0 aliphatic rings. The molecule has 5 heteroatoms. The van der Waals surface area contributed by atoms with E-state index >= 15 is 0 Å². The Bertz CT molecular complexity index is 340. The summed E-state index contributed by atoms with van der Waals surface area (Å²) in [7, 11) is 4.00. The number of anilines is 2. The van der Waals surface area contributed by atoms with E-state index in [1.54, 1.807) is 6.33 Å². The maximum Gasteiger partial charge on any atom is 0.134 e. The Morgan fingerprint density at radius 2 is 1.94 bits per heavy atom. The van der Waals surface area contributed by atoms with Crippen LogP contribution in [0.15, 0.2) is 6.33 Å². The lowest BCUT2D eigenvalue weighted by Crippen LogP contribution is -2.25. The van der Waals surface area contributed by atoms with Gasteiger partial charge < -0.3 is 15.5 Å². The second-order valence-corrected chi connectivity index (χ2v) is 3.98. The highest BCUT2D eigenvalue weighted by atomic mass is 15.1. The second kappa shape index (κ2) is 7.06. The van der Waals surface area contributed by atoms with Crippen LogP contribution in [0.3, 0.4) is 0 Å². The first kappa shape index (κ1) is 13.7. The van der Waals surface area contributed by atoms with Gasteiger partial charge in [-0.2, -0.15) is 0 Å². The first-order chi connectivity index (χ1) is 8.22. The van der Waals surface area contributed by atoms with E-state index < -0.39 is 0 Å². The van der Waals surface area contributed by atoms with Gasteiger partial charge in [-0.25, -0.2) is 9.97 Å². The highest BCUT2D eigenvalue weighted by Gasteiger charge is 2.07. The number of hydrogen-bond donors (Lipinski definition) is 2. The van der Waals surface area contributed by atoms with Crippen molar-refractivity contribution in [2.75, 3.05) is 44.4 Å². The fourth-order valence-corrected chi connectivity index (χ4v) is 1.64. The average molecular weight is 237 g/mol. The summed E-state index contributed by atoms with van der Waals surface area (Å²) in [6, 6.07) is 0. The molecule has 0 unspecified atom stereocenters. The smallest absolute Gasteiger partial charge is 0.134 e. The Morgan fingerprint density at radius 1 is 1.24 bits per heavy atom. The molecule has 0 amide bonds. The molecule has 17 heavy (non-hydrogen) atoms. The van der Waals surface area contributed by atoms with Gasteiger partial charge in [0.15, 0.2) is 0 Å². The highest BCUT2D eigenvalue weighted by Crippen LogP contribution is 2.19. The summed E-state index contributed by atoms with van der Waals surface area (Å²) in [5.41, 5.74) is 1.15. The second-order valence-electron chi connectivity index (χ2n) is 3.98. The van der Waals surface area contributed by atoms with Crippen LogP contribution in [-0.4, -0.2) is 48.6 Å². The maximum atomic E-state index is 4.30. The number of nitrogens with zero attached hydrogens (tertiary/aromatic N) is 3. The van der Waals surface area contributed by atoms with Gasteiger partial charge in [0.05, 0.1) is 0 Å². The SMILES string of the molecule is CCc1c(NC)ncnc1NCCN(C)CC. The van der Waals surface area contributed by atoms with Crippen LogP contribution in [0, 0.1) is 0 Å². The fourth-order valence-electron chi connectivity index (χ4n) is 1.64. The summed E-state index contributed by atoms with van der Waals surface area (Å²) in [4.78, 5) is 10.8. The maximum absolute atomic E-state index is 4.30. The van der Waals surface area contributed by atoms with Crippen LogP contribution >= 0.6 is 0 Å². The van der Waals surface area contributed by atoms with Gasteiger partial charge in [-0.1, -0.05) is 13.8 Å². The quantitative estimate of drug-likeness (QED) is 0.751. The molecular weight excluding hydrogens is 214 g/mol. The van der Waals surface area contributed by atoms with Crippen LogP contribution in [0.25, 0.3) is 0 Å². The summed E-state index contributed by atoms with van der Waals surface area (Å²) in [6.45, 7) is 7.24. The molecule has 1 heterocycles. The van der Waals surface area contributed by atoms with Gasteiger partial charge in [0.1, 0.15) is 18.0 Å². The molecule has 0 radical (unpaired) electrons. The third-order valence-electron chi connectivity index (χ3n) is 2.86. The number of nitrogens with one attached hydrogen (secondary N) is 2. The lowest BCUT2D eigenvalue weighted by Gasteiger charge is -2.16. The van der Waals surface area contributed by atoms with Gasteiger partial charge in [-0.15, -0.1) is 0 Å². The van der Waals surface area contributed by atoms with Gasteiger partial charge in [0.25, 0.3) is 0 Å². The predicted octanol–water partition coefficient (Wildman–Crippen LogP) is 1.44. The normalized spacial score (nSPS) is 10.6. The van der Waals surface area contributed by atoms with Gasteiger partial charge in [-0.3, -0.25) is 0 Å². The van der Waals surface area contributed by atoms with Crippen molar-refractivity contribution < 1.29 is 0 Å². The van der Waals surface area contributed by atoms with Crippen LogP contribution in [0.2, 0.25) is 0 Å². The molecule has 0 atom stereocenters. The minimum Gasteiger partial charge on any atom is -0.373 e. The summed E-state index contributed by atoms with van der Waals surface area (Å²) in [5, 5.41) is 6.47. The van der Waals surface area contributed by atoms with E-state index in [0.717, 1.165) is 43.3 Å². The van der Waals surface area contributed by atoms with Crippen LogP contribution in [0.5, 0.6) is 0 Å². The van der Waals surface area contributed by atoms with Gasteiger partial charge in [0.2, 0.25) is 0 Å². The summed E-state index contributed by atoms with van der Waals surface area (Å²) in [5.74, 6) is 1.85. The molecule has 0 saturated heterocycles. The third kappa shape index (κ3) is 3.85. The van der Waals surface area contributed by atoms with E-state index in [4.69, 9.17) is 0 Å². The van der Waals surface area contributed by atoms with Crippen molar-refractivity contribution in [1.82, 2.24) is 14.9 Å². The third-order valence-corrected chi connectivity index (χ3v) is 2.86. The monoisotopic (exact) mass is 237 g/mol. The number of hydrogen-bond acceptors (Lipinski definition) is 5. The zero-order chi connectivity index (χ0) is 12.7. The lowest BCUT2D eigenvalue weighted by atomic mass is 10.2. The van der Waals surface area contributed by atoms with Crippen molar-refractivity contribution in [2.24, 2.45) is 0 Å². The molecular formula is C12H23N5. The molecule has 0 aliphatic carbocycles. The molecule has 0 aliphatic heterocycles. The van der Waals surface area contributed by atoms with Crippen molar-refractivity contribution in [3.8, 4) is 0 Å². The van der Waals surface area contributed by atoms with Crippen molar-refractivity contribution in [2.45, 2.75) is 20.3 Å². The van der Waals surface area contributed by atoms with E-state index in [-0.39, 0.29) is 0 Å². The van der Waals surface area contributed by atoms with E-state index in [1.807, 2.05) is 7.05 Å². The summed E-state index contributed by atoms with van der Waals surface area (Å²) >= 11 is 0. The molecule has 5 nitrogen and oxygen atoms in total. The summed E-state index contributed by atoms with van der Waals surface area (Å²) < 4.78 is 0. The first-order valence-corrected chi connectivity index (χ1v) is 6.16. The number of aromatic nitrogens is 2. The van der Waals surface area contributed by atoms with Crippen LogP contribution in [0.1, 0.15) is 19.4 Å². The van der Waals surface area contributed by atoms with E-state index in [9.17, 15) is 0 Å². The number of likely N-dealkylation sites (N-methyl/N-ethyl adjacent to an activating group) is 1. The zero-order valence-corrected chi connectivity index (χ0v) is 11.2. The Morgan fingerprint density at radius 3 is 2.53 bits per heavy atom. The Balaban J connectivity index is 2.64. The molecule has 96 valence electrons. The molecule has 0 aromatic carbocycles. The first-order valence-electron chi connectivity index (χ1n) is 6.16. The van der Waals surface area contributed by atoms with E-state index in [1.165, 1.54) is 0 Å². The minimum absolute atomic E-state index is 0.900. The average Bonchev–Trinajstić information content (AvgIpc) is 2.37. The fraction of sp³-hybridized carbons (Fsp3) is 0.667.